The molecule has 1 nitrogen and oxygen atoms in total. The number of halogens is 2. The van der Waals surface area contributed by atoms with E-state index in [1.165, 1.54) is 5.69 Å². The Bertz CT molecular complexity index is 243. The Balaban J connectivity index is 2.55. The second-order valence-corrected chi connectivity index (χ2v) is 4.16. The summed E-state index contributed by atoms with van der Waals surface area (Å²) >= 11 is 11.4. The van der Waals surface area contributed by atoms with E-state index >= 15 is 0 Å². The van der Waals surface area contributed by atoms with Crippen LogP contribution in [-0.2, 0) is 0 Å². The second-order valence-electron chi connectivity index (χ2n) is 3.41. The van der Waals surface area contributed by atoms with Gasteiger partial charge in [-0.15, -0.1) is 23.2 Å². The van der Waals surface area contributed by atoms with Gasteiger partial charge in [-0.2, -0.15) is 0 Å². The molecule has 0 aliphatic carbocycles. The number of hydrogen-bond donors (Lipinski definition) is 0. The molecule has 3 heteroatoms. The second kappa shape index (κ2) is 7.84. The Kier molecular flexibility index (Phi) is 6.62. The number of alkyl halides is 2. The average Bonchev–Trinajstić information content (AvgIpc) is 2.30. The van der Waals surface area contributed by atoms with Gasteiger partial charge in [-0.3, -0.25) is 0 Å². The minimum absolute atomic E-state index is 0.713. The molecule has 0 atom stereocenters. The molecule has 0 unspecified atom stereocenters. The summed E-state index contributed by atoms with van der Waals surface area (Å²) in [4.78, 5) is 2.34. The molecule has 0 bridgehead atoms. The van der Waals surface area contributed by atoms with E-state index < -0.39 is 0 Å². The van der Waals surface area contributed by atoms with E-state index in [0.29, 0.717) is 11.8 Å². The highest BCUT2D eigenvalue weighted by Crippen LogP contribution is 2.14. The Morgan fingerprint density at radius 3 is 1.87 bits per heavy atom. The summed E-state index contributed by atoms with van der Waals surface area (Å²) in [5.41, 5.74) is 1.26. The monoisotopic (exact) mass is 245 g/mol. The molecule has 0 heterocycles. The molecule has 0 radical (unpaired) electrons. The average molecular weight is 246 g/mol. The third-order valence-corrected chi connectivity index (χ3v) is 2.78. The van der Waals surface area contributed by atoms with E-state index in [2.05, 4.69) is 29.2 Å². The van der Waals surface area contributed by atoms with Gasteiger partial charge in [0, 0.05) is 30.5 Å². The van der Waals surface area contributed by atoms with Crippen LogP contribution >= 0.6 is 23.2 Å². The summed E-state index contributed by atoms with van der Waals surface area (Å²) < 4.78 is 0. The maximum Gasteiger partial charge on any atom is 0.0366 e. The maximum absolute atomic E-state index is 5.71. The molecular weight excluding hydrogens is 229 g/mol. The molecule has 84 valence electrons. The molecule has 0 aromatic heterocycles. The molecule has 0 amide bonds. The highest BCUT2D eigenvalue weighted by atomic mass is 35.5. The summed E-state index contributed by atoms with van der Waals surface area (Å²) in [5, 5.41) is 0. The Morgan fingerprint density at radius 2 is 1.40 bits per heavy atom. The molecule has 0 saturated carbocycles. The summed E-state index contributed by atoms with van der Waals surface area (Å²) in [6, 6.07) is 10.4. The van der Waals surface area contributed by atoms with Crippen molar-refractivity contribution in [3.8, 4) is 0 Å². The Morgan fingerprint density at radius 1 is 0.867 bits per heavy atom. The van der Waals surface area contributed by atoms with Gasteiger partial charge in [0.05, 0.1) is 0 Å². The fraction of sp³-hybridized carbons (Fsp3) is 0.500. The number of nitrogens with zero attached hydrogens (tertiary/aromatic N) is 1. The predicted octanol–water partition coefficient (Wildman–Crippen LogP) is 3.75. The van der Waals surface area contributed by atoms with Crippen molar-refractivity contribution in [1.82, 2.24) is 0 Å². The largest absolute Gasteiger partial charge is 0.371 e. The third-order valence-electron chi connectivity index (χ3n) is 2.24. The van der Waals surface area contributed by atoms with Gasteiger partial charge in [0.15, 0.2) is 0 Å². The number of benzene rings is 1. The van der Waals surface area contributed by atoms with Crippen LogP contribution in [0.25, 0.3) is 0 Å². The van der Waals surface area contributed by atoms with E-state index in [4.69, 9.17) is 23.2 Å². The smallest absolute Gasteiger partial charge is 0.0366 e. The summed E-state index contributed by atoms with van der Waals surface area (Å²) in [7, 11) is 0. The van der Waals surface area contributed by atoms with Crippen LogP contribution in [0.3, 0.4) is 0 Å². The van der Waals surface area contributed by atoms with Crippen LogP contribution in [0.4, 0.5) is 5.69 Å². The van der Waals surface area contributed by atoms with E-state index in [0.717, 1.165) is 25.9 Å². The zero-order valence-electron chi connectivity index (χ0n) is 8.83. The Labute approximate surface area is 102 Å². The predicted molar refractivity (Wildman–Crippen MR) is 69.3 cm³/mol. The summed E-state index contributed by atoms with van der Waals surface area (Å²) in [6.45, 7) is 2.01. The zero-order chi connectivity index (χ0) is 10.9. The first-order valence-corrected chi connectivity index (χ1v) is 6.37. The SMILES string of the molecule is ClCCCN(CCCCl)c1ccccc1. The van der Waals surface area contributed by atoms with E-state index in [9.17, 15) is 0 Å². The molecule has 0 saturated heterocycles. The molecule has 0 N–H and O–H groups in total. The van der Waals surface area contributed by atoms with Gasteiger partial charge < -0.3 is 4.90 Å². The molecule has 15 heavy (non-hydrogen) atoms. The van der Waals surface area contributed by atoms with Gasteiger partial charge in [-0.1, -0.05) is 18.2 Å². The molecule has 0 spiro atoms. The third kappa shape index (κ3) is 4.76. The van der Waals surface area contributed by atoms with E-state index in [1.54, 1.807) is 0 Å². The van der Waals surface area contributed by atoms with E-state index in [1.807, 2.05) is 6.07 Å². The lowest BCUT2D eigenvalue weighted by Crippen LogP contribution is -2.26. The fourth-order valence-corrected chi connectivity index (χ4v) is 1.75. The lowest BCUT2D eigenvalue weighted by atomic mass is 10.2. The van der Waals surface area contributed by atoms with Crippen LogP contribution in [0, 0.1) is 0 Å². The van der Waals surface area contributed by atoms with Gasteiger partial charge in [-0.25, -0.2) is 0 Å². The molecule has 1 aromatic rings. The van der Waals surface area contributed by atoms with Crippen molar-refractivity contribution < 1.29 is 0 Å². The molecule has 1 rings (SSSR count). The van der Waals surface area contributed by atoms with Gasteiger partial charge in [0.1, 0.15) is 0 Å². The first-order valence-electron chi connectivity index (χ1n) is 5.30. The first kappa shape index (κ1) is 12.7. The van der Waals surface area contributed by atoms with Gasteiger partial charge >= 0.3 is 0 Å². The van der Waals surface area contributed by atoms with Crippen molar-refractivity contribution in [2.45, 2.75) is 12.8 Å². The van der Waals surface area contributed by atoms with Crippen LogP contribution in [0.1, 0.15) is 12.8 Å². The Hall–Kier alpha value is -0.400. The molecule has 0 aliphatic rings. The summed E-state index contributed by atoms with van der Waals surface area (Å²) in [6.07, 6.45) is 2.03. The highest BCUT2D eigenvalue weighted by Gasteiger charge is 2.04. The van der Waals surface area contributed by atoms with Crippen molar-refractivity contribution in [2.24, 2.45) is 0 Å². The number of para-hydroxylation sites is 1. The highest BCUT2D eigenvalue weighted by molar-refractivity contribution is 6.18. The van der Waals surface area contributed by atoms with Gasteiger partial charge in [0.25, 0.3) is 0 Å². The van der Waals surface area contributed by atoms with E-state index in [-0.39, 0.29) is 0 Å². The molecule has 0 fully saturated rings. The topological polar surface area (TPSA) is 3.24 Å². The van der Waals surface area contributed by atoms with Crippen molar-refractivity contribution in [3.05, 3.63) is 30.3 Å². The standard InChI is InChI=1S/C12H17Cl2N/c13-8-4-10-15(11-5-9-14)12-6-2-1-3-7-12/h1-3,6-7H,4-5,8-11H2. The van der Waals surface area contributed by atoms with Crippen LogP contribution in [0.5, 0.6) is 0 Å². The zero-order valence-corrected chi connectivity index (χ0v) is 10.3. The number of anilines is 1. The number of rotatable bonds is 7. The van der Waals surface area contributed by atoms with Crippen LogP contribution < -0.4 is 4.90 Å². The van der Waals surface area contributed by atoms with Crippen molar-refractivity contribution >= 4 is 28.9 Å². The molecule has 1 aromatic carbocycles. The van der Waals surface area contributed by atoms with Crippen molar-refractivity contribution in [3.63, 3.8) is 0 Å². The van der Waals surface area contributed by atoms with Crippen molar-refractivity contribution in [2.75, 3.05) is 29.7 Å². The number of hydrogen-bond acceptors (Lipinski definition) is 1. The molecule has 0 aliphatic heterocycles. The first-order chi connectivity index (χ1) is 7.38. The van der Waals surface area contributed by atoms with Gasteiger partial charge in [-0.05, 0) is 25.0 Å². The lowest BCUT2D eigenvalue weighted by molar-refractivity contribution is 0.749. The van der Waals surface area contributed by atoms with Gasteiger partial charge in [0.2, 0.25) is 0 Å². The van der Waals surface area contributed by atoms with Crippen LogP contribution in [0.2, 0.25) is 0 Å². The minimum Gasteiger partial charge on any atom is -0.371 e. The normalized spacial score (nSPS) is 10.3. The van der Waals surface area contributed by atoms with Crippen LogP contribution in [0.15, 0.2) is 30.3 Å². The molecular formula is C12H17Cl2N. The summed E-state index contributed by atoms with van der Waals surface area (Å²) in [5.74, 6) is 1.43. The van der Waals surface area contributed by atoms with Crippen molar-refractivity contribution in [1.29, 1.82) is 0 Å². The fourth-order valence-electron chi connectivity index (χ4n) is 1.51. The minimum atomic E-state index is 0.713. The maximum atomic E-state index is 5.71. The quantitative estimate of drug-likeness (QED) is 0.662. The van der Waals surface area contributed by atoms with Crippen LogP contribution in [-0.4, -0.2) is 24.8 Å². The lowest BCUT2D eigenvalue weighted by Gasteiger charge is -2.24.